The Balaban J connectivity index is 3.04. The van der Waals surface area contributed by atoms with Gasteiger partial charge < -0.3 is 10.1 Å². The van der Waals surface area contributed by atoms with Gasteiger partial charge in [0.15, 0.2) is 0 Å². The fraction of sp³-hybridized carbons (Fsp3) is 0.222. The van der Waals surface area contributed by atoms with E-state index in [0.29, 0.717) is 5.69 Å². The molecule has 0 saturated heterocycles. The van der Waals surface area contributed by atoms with Gasteiger partial charge in [-0.15, -0.1) is 0 Å². The second kappa shape index (κ2) is 5.67. The van der Waals surface area contributed by atoms with Crippen molar-refractivity contribution < 1.29 is 14.3 Å². The second-order valence-corrected chi connectivity index (χ2v) is 3.61. The van der Waals surface area contributed by atoms with Crippen LogP contribution in [0.25, 0.3) is 0 Å². The number of amides is 1. The van der Waals surface area contributed by atoms with Crippen LogP contribution in [-0.2, 0) is 20.9 Å². The predicted molar refractivity (Wildman–Crippen MR) is 59.4 cm³/mol. The molecule has 0 unspecified atom stereocenters. The van der Waals surface area contributed by atoms with Crippen molar-refractivity contribution in [3.63, 3.8) is 0 Å². The van der Waals surface area contributed by atoms with Crippen LogP contribution in [0.3, 0.4) is 0 Å². The molecule has 0 aliphatic rings. The summed E-state index contributed by atoms with van der Waals surface area (Å²) in [4.78, 5) is 24.8. The summed E-state index contributed by atoms with van der Waals surface area (Å²) in [7, 11) is 0. The lowest BCUT2D eigenvalue weighted by atomic mass is 10.3. The van der Waals surface area contributed by atoms with Crippen LogP contribution in [0.5, 0.6) is 0 Å². The fourth-order valence-corrected chi connectivity index (χ4v) is 1.45. The molecule has 7 heteroatoms. The minimum Gasteiger partial charge on any atom is -0.461 e. The number of halogens is 2. The van der Waals surface area contributed by atoms with Crippen LogP contribution in [0.15, 0.2) is 6.07 Å². The number of nitrogens with zero attached hydrogens (tertiary/aromatic N) is 1. The highest BCUT2D eigenvalue weighted by Gasteiger charge is 2.11. The van der Waals surface area contributed by atoms with Crippen molar-refractivity contribution in [3.8, 4) is 0 Å². The lowest BCUT2D eigenvalue weighted by molar-refractivity contribution is -0.129. The number of nitrogens with one attached hydrogen (secondary N) is 1. The smallest absolute Gasteiger partial charge is 0.293 e. The molecule has 16 heavy (non-hydrogen) atoms. The molecule has 0 aromatic carbocycles. The third-order valence-electron chi connectivity index (χ3n) is 1.59. The van der Waals surface area contributed by atoms with Crippen LogP contribution in [0.4, 0.5) is 5.69 Å². The van der Waals surface area contributed by atoms with E-state index >= 15 is 0 Å². The van der Waals surface area contributed by atoms with E-state index in [9.17, 15) is 9.59 Å². The van der Waals surface area contributed by atoms with Crippen molar-refractivity contribution in [1.82, 2.24) is 4.98 Å². The minimum atomic E-state index is -0.286. The molecule has 0 radical (unpaired) electrons. The maximum atomic E-state index is 10.9. The molecule has 1 aromatic rings. The monoisotopic (exact) mass is 262 g/mol. The first kappa shape index (κ1) is 12.7. The van der Waals surface area contributed by atoms with Gasteiger partial charge in [-0.3, -0.25) is 9.59 Å². The molecule has 1 aromatic heterocycles. The number of aromatic nitrogens is 1. The Labute approximate surface area is 102 Å². The first-order chi connectivity index (χ1) is 7.54. The van der Waals surface area contributed by atoms with Gasteiger partial charge in [0.25, 0.3) is 6.47 Å². The van der Waals surface area contributed by atoms with E-state index in [1.54, 1.807) is 0 Å². The Bertz CT molecular complexity index is 423. The largest absolute Gasteiger partial charge is 0.461 e. The molecule has 1 N–H and O–H groups in total. The fourth-order valence-electron chi connectivity index (χ4n) is 1.04. The number of rotatable bonds is 4. The highest BCUT2D eigenvalue weighted by molar-refractivity contribution is 6.35. The van der Waals surface area contributed by atoms with Crippen molar-refractivity contribution in [3.05, 3.63) is 21.9 Å². The normalized spacial score (nSPS) is 9.69. The second-order valence-electron chi connectivity index (χ2n) is 2.84. The average Bonchev–Trinajstić information content (AvgIpc) is 2.20. The quantitative estimate of drug-likeness (QED) is 0.666. The van der Waals surface area contributed by atoms with E-state index in [0.717, 1.165) is 0 Å². The van der Waals surface area contributed by atoms with E-state index in [-0.39, 0.29) is 34.9 Å². The molecule has 1 amide bonds. The molecule has 0 aliphatic carbocycles. The van der Waals surface area contributed by atoms with Gasteiger partial charge in [0, 0.05) is 13.0 Å². The minimum absolute atomic E-state index is 0.102. The van der Waals surface area contributed by atoms with Crippen molar-refractivity contribution in [2.24, 2.45) is 0 Å². The molecule has 5 nitrogen and oxygen atoms in total. The summed E-state index contributed by atoms with van der Waals surface area (Å²) < 4.78 is 4.52. The van der Waals surface area contributed by atoms with E-state index in [1.165, 1.54) is 13.0 Å². The summed E-state index contributed by atoms with van der Waals surface area (Å²) in [5.41, 5.74) is 0.615. The summed E-state index contributed by atoms with van der Waals surface area (Å²) in [5, 5.41) is 2.84. The summed E-state index contributed by atoms with van der Waals surface area (Å²) in [5.74, 6) is -0.286. The van der Waals surface area contributed by atoms with Gasteiger partial charge in [-0.1, -0.05) is 23.2 Å². The SMILES string of the molecule is CC(=O)Nc1cc(Cl)nc(COC=O)c1Cl. The number of carbonyl (C=O) groups is 2. The summed E-state index contributed by atoms with van der Waals surface area (Å²) >= 11 is 11.6. The van der Waals surface area contributed by atoms with Gasteiger partial charge in [-0.2, -0.15) is 0 Å². The van der Waals surface area contributed by atoms with Gasteiger partial charge >= 0.3 is 0 Å². The van der Waals surface area contributed by atoms with Gasteiger partial charge in [0.05, 0.1) is 10.7 Å². The Kier molecular flexibility index (Phi) is 4.52. The zero-order chi connectivity index (χ0) is 12.1. The number of pyridine rings is 1. The molecule has 1 heterocycles. The standard InChI is InChI=1S/C9H8Cl2N2O3/c1-5(15)12-6-2-8(10)13-7(9(6)11)3-16-4-14/h2,4H,3H2,1H3,(H,12,13,15). The molecule has 0 saturated carbocycles. The number of anilines is 1. The first-order valence-electron chi connectivity index (χ1n) is 4.22. The number of ether oxygens (including phenoxy) is 1. The van der Waals surface area contributed by atoms with Crippen LogP contribution in [-0.4, -0.2) is 17.4 Å². The molecule has 0 atom stereocenters. The van der Waals surface area contributed by atoms with Crippen molar-refractivity contribution >= 4 is 41.3 Å². The zero-order valence-corrected chi connectivity index (χ0v) is 9.80. The molecular formula is C9H8Cl2N2O3. The third-order valence-corrected chi connectivity index (χ3v) is 2.21. The van der Waals surface area contributed by atoms with E-state index < -0.39 is 0 Å². The van der Waals surface area contributed by atoms with E-state index in [1.807, 2.05) is 0 Å². The van der Waals surface area contributed by atoms with E-state index in [2.05, 4.69) is 15.0 Å². The molecule has 0 aliphatic heterocycles. The van der Waals surface area contributed by atoms with Crippen molar-refractivity contribution in [2.45, 2.75) is 13.5 Å². The highest BCUT2D eigenvalue weighted by atomic mass is 35.5. The van der Waals surface area contributed by atoms with Crippen LogP contribution in [0.2, 0.25) is 10.2 Å². The topological polar surface area (TPSA) is 68.3 Å². The van der Waals surface area contributed by atoms with Crippen molar-refractivity contribution in [1.29, 1.82) is 0 Å². The summed E-state index contributed by atoms with van der Waals surface area (Å²) in [6, 6.07) is 1.41. The predicted octanol–water partition coefficient (Wildman–Crippen LogP) is 2.02. The van der Waals surface area contributed by atoms with Gasteiger partial charge in [0.1, 0.15) is 17.5 Å². The van der Waals surface area contributed by atoms with Gasteiger partial charge in [-0.05, 0) is 0 Å². The van der Waals surface area contributed by atoms with Gasteiger partial charge in [-0.25, -0.2) is 4.98 Å². The Hall–Kier alpha value is -1.33. The van der Waals surface area contributed by atoms with Crippen LogP contribution in [0.1, 0.15) is 12.6 Å². The number of carbonyl (C=O) groups excluding carboxylic acids is 2. The van der Waals surface area contributed by atoms with Crippen molar-refractivity contribution in [2.75, 3.05) is 5.32 Å². The highest BCUT2D eigenvalue weighted by Crippen LogP contribution is 2.28. The first-order valence-corrected chi connectivity index (χ1v) is 4.98. The molecule has 86 valence electrons. The number of hydrogen-bond acceptors (Lipinski definition) is 4. The molecular weight excluding hydrogens is 255 g/mol. The molecule has 0 fully saturated rings. The Morgan fingerprint density at radius 2 is 2.31 bits per heavy atom. The van der Waals surface area contributed by atoms with Crippen LogP contribution in [0, 0.1) is 0 Å². The maximum Gasteiger partial charge on any atom is 0.293 e. The van der Waals surface area contributed by atoms with Crippen LogP contribution < -0.4 is 5.32 Å². The molecule has 1 rings (SSSR count). The van der Waals surface area contributed by atoms with Gasteiger partial charge in [0.2, 0.25) is 5.91 Å². The Morgan fingerprint density at radius 1 is 1.62 bits per heavy atom. The lowest BCUT2D eigenvalue weighted by Gasteiger charge is -2.09. The summed E-state index contributed by atoms with van der Waals surface area (Å²) in [6.07, 6.45) is 0. The average molecular weight is 263 g/mol. The zero-order valence-electron chi connectivity index (χ0n) is 8.29. The molecule has 0 bridgehead atoms. The number of hydrogen-bond donors (Lipinski definition) is 1. The molecule has 0 spiro atoms. The Morgan fingerprint density at radius 3 is 2.88 bits per heavy atom. The lowest BCUT2D eigenvalue weighted by Crippen LogP contribution is -2.08. The third kappa shape index (κ3) is 3.36. The van der Waals surface area contributed by atoms with Crippen LogP contribution >= 0.6 is 23.2 Å². The maximum absolute atomic E-state index is 10.9. The van der Waals surface area contributed by atoms with E-state index in [4.69, 9.17) is 23.2 Å². The summed E-state index contributed by atoms with van der Waals surface area (Å²) in [6.45, 7) is 1.51.